The minimum Gasteiger partial charge on any atom is -0.380 e. The van der Waals surface area contributed by atoms with Gasteiger partial charge in [-0.15, -0.1) is 0 Å². The summed E-state index contributed by atoms with van der Waals surface area (Å²) < 4.78 is 52.9. The summed E-state index contributed by atoms with van der Waals surface area (Å²) in [7, 11) is -1.19. The Hall–Kier alpha value is -2.58. The van der Waals surface area contributed by atoms with Gasteiger partial charge in [-0.3, -0.25) is 9.48 Å². The summed E-state index contributed by atoms with van der Waals surface area (Å²) >= 11 is 0. The van der Waals surface area contributed by atoms with Crippen LogP contribution in [0.15, 0.2) is 23.5 Å². The standard InChI is InChI=1S/C19H25N7O2S.C7H11F3O/c1-12(2)26-11-14(9-21-26)29(28)25-7-3-13(4-8-25)22-18-20-10-15-16(24-18)23-17(27)19(15)5-6-19;8-7(9,10)6(11)4-2-1-3-5-6/h9-13H,3-8H2,1-2H3,(H2,20,22,23,24,27);11H,1-5H2. The molecule has 0 radical (unpaired) electrons. The molecule has 10 nitrogen and oxygen atoms in total. The van der Waals surface area contributed by atoms with Crippen LogP contribution < -0.4 is 10.6 Å². The largest absolute Gasteiger partial charge is 0.417 e. The number of carbonyl (C=O) groups is 1. The molecule has 1 spiro atoms. The third-order valence-electron chi connectivity index (χ3n) is 8.26. The number of anilines is 2. The van der Waals surface area contributed by atoms with E-state index in [2.05, 4.69) is 25.7 Å². The topological polar surface area (TPSA) is 125 Å². The van der Waals surface area contributed by atoms with Crippen LogP contribution in [0, 0.1) is 0 Å². The van der Waals surface area contributed by atoms with Crippen LogP contribution in [-0.4, -0.2) is 70.2 Å². The summed E-state index contributed by atoms with van der Waals surface area (Å²) in [6.07, 6.45) is 5.88. The normalized spacial score (nSPS) is 22.8. The van der Waals surface area contributed by atoms with Gasteiger partial charge >= 0.3 is 6.18 Å². The smallest absolute Gasteiger partial charge is 0.380 e. The third kappa shape index (κ3) is 5.75. The van der Waals surface area contributed by atoms with Crippen molar-refractivity contribution in [2.75, 3.05) is 23.7 Å². The van der Waals surface area contributed by atoms with Gasteiger partial charge in [0.1, 0.15) is 16.8 Å². The summed E-state index contributed by atoms with van der Waals surface area (Å²) in [6.45, 7) is 5.55. The number of halogens is 3. The molecule has 4 heterocycles. The zero-order valence-electron chi connectivity index (χ0n) is 22.7. The van der Waals surface area contributed by atoms with Crippen molar-refractivity contribution in [1.82, 2.24) is 24.1 Å². The van der Waals surface area contributed by atoms with E-state index in [9.17, 15) is 22.2 Å². The van der Waals surface area contributed by atoms with Gasteiger partial charge in [0, 0.05) is 43.1 Å². The predicted molar refractivity (Wildman–Crippen MR) is 143 cm³/mol. The van der Waals surface area contributed by atoms with Crippen molar-refractivity contribution in [3.05, 3.63) is 24.2 Å². The molecule has 2 aliphatic carbocycles. The zero-order valence-corrected chi connectivity index (χ0v) is 23.5. The molecule has 2 aromatic heterocycles. The number of fused-ring (bicyclic) bond motifs is 2. The van der Waals surface area contributed by atoms with Gasteiger partial charge in [-0.25, -0.2) is 13.5 Å². The van der Waals surface area contributed by atoms with Gasteiger partial charge in [-0.05, 0) is 52.4 Å². The second-order valence-electron chi connectivity index (χ2n) is 11.4. The molecule has 0 bridgehead atoms. The van der Waals surface area contributed by atoms with E-state index in [1.165, 1.54) is 0 Å². The van der Waals surface area contributed by atoms with E-state index in [1.807, 2.05) is 29.0 Å². The van der Waals surface area contributed by atoms with Crippen LogP contribution in [0.5, 0.6) is 0 Å². The first-order chi connectivity index (χ1) is 18.9. The minimum atomic E-state index is -4.44. The van der Waals surface area contributed by atoms with Crippen molar-refractivity contribution in [2.45, 2.75) is 106 Å². The van der Waals surface area contributed by atoms with Crippen molar-refractivity contribution in [2.24, 2.45) is 0 Å². The number of aromatic nitrogens is 4. The Balaban J connectivity index is 0.000000248. The molecule has 1 atom stereocenters. The average molecular weight is 584 g/mol. The SMILES string of the molecule is CC(C)n1cc(S(=O)N2CCC(Nc3ncc4c(n3)NC(=O)C43CC3)CC2)cn1.OC1(C(F)(F)F)CCCCC1. The second kappa shape index (κ2) is 11.0. The van der Waals surface area contributed by atoms with Gasteiger partial charge in [0.25, 0.3) is 0 Å². The van der Waals surface area contributed by atoms with Gasteiger partial charge < -0.3 is 15.7 Å². The molecule has 3 fully saturated rings. The number of nitrogens with zero attached hydrogens (tertiary/aromatic N) is 5. The fraction of sp³-hybridized carbons (Fsp3) is 0.692. The van der Waals surface area contributed by atoms with E-state index in [0.717, 1.165) is 55.7 Å². The number of carbonyl (C=O) groups excluding carboxylic acids is 1. The average Bonchev–Trinajstić information content (AvgIpc) is 3.48. The Bertz CT molecular complexity index is 1250. The first kappa shape index (κ1) is 28.9. The highest BCUT2D eigenvalue weighted by molar-refractivity contribution is 7.82. The molecule has 4 aliphatic rings. The highest BCUT2D eigenvalue weighted by Gasteiger charge is 2.57. The summed E-state index contributed by atoms with van der Waals surface area (Å²) in [5.74, 6) is 1.24. The highest BCUT2D eigenvalue weighted by Crippen LogP contribution is 2.54. The lowest BCUT2D eigenvalue weighted by molar-refractivity contribution is -0.269. The molecule has 2 aromatic rings. The molecule has 0 aromatic carbocycles. The maximum Gasteiger partial charge on any atom is 0.417 e. The number of amides is 1. The van der Waals surface area contributed by atoms with Crippen molar-refractivity contribution >= 4 is 28.7 Å². The maximum absolute atomic E-state index is 12.8. The number of nitrogens with one attached hydrogen (secondary N) is 2. The summed E-state index contributed by atoms with van der Waals surface area (Å²) in [5, 5.41) is 19.6. The third-order valence-corrected chi connectivity index (χ3v) is 9.71. The molecule has 2 saturated carbocycles. The van der Waals surface area contributed by atoms with Gasteiger partial charge in [-0.1, -0.05) is 19.3 Å². The monoisotopic (exact) mass is 583 g/mol. The molecule has 2 aliphatic heterocycles. The van der Waals surface area contributed by atoms with E-state index in [0.29, 0.717) is 24.6 Å². The molecule has 40 heavy (non-hydrogen) atoms. The molecule has 14 heteroatoms. The summed E-state index contributed by atoms with van der Waals surface area (Å²) in [6, 6.07) is 0.467. The van der Waals surface area contributed by atoms with Crippen LogP contribution in [-0.2, 0) is 21.2 Å². The van der Waals surface area contributed by atoms with E-state index in [4.69, 9.17) is 5.11 Å². The van der Waals surface area contributed by atoms with Crippen LogP contribution in [0.4, 0.5) is 24.9 Å². The number of hydrogen-bond donors (Lipinski definition) is 3. The highest BCUT2D eigenvalue weighted by atomic mass is 32.2. The van der Waals surface area contributed by atoms with Crippen molar-refractivity contribution in [1.29, 1.82) is 0 Å². The van der Waals surface area contributed by atoms with E-state index < -0.39 is 22.8 Å². The fourth-order valence-corrected chi connectivity index (χ4v) is 6.65. The Morgan fingerprint density at radius 2 is 1.80 bits per heavy atom. The van der Waals surface area contributed by atoms with Gasteiger partial charge in [0.05, 0.1) is 16.5 Å². The Morgan fingerprint density at radius 3 is 2.35 bits per heavy atom. The van der Waals surface area contributed by atoms with Crippen molar-refractivity contribution < 1.29 is 27.3 Å². The number of aliphatic hydroxyl groups is 1. The molecule has 1 saturated heterocycles. The van der Waals surface area contributed by atoms with Crippen LogP contribution >= 0.6 is 0 Å². The summed E-state index contributed by atoms with van der Waals surface area (Å²) in [5.41, 5.74) is -1.81. The molecule has 220 valence electrons. The Kier molecular flexibility index (Phi) is 7.96. The first-order valence-electron chi connectivity index (χ1n) is 13.9. The number of alkyl halides is 3. The first-order valence-corrected chi connectivity index (χ1v) is 15.0. The Morgan fingerprint density at radius 1 is 1.12 bits per heavy atom. The van der Waals surface area contributed by atoms with Gasteiger partial charge in [0.15, 0.2) is 5.60 Å². The lowest BCUT2D eigenvalue weighted by Crippen LogP contribution is -2.46. The molecular formula is C26H36F3N7O3S. The van der Waals surface area contributed by atoms with Crippen LogP contribution in [0.1, 0.15) is 83.2 Å². The van der Waals surface area contributed by atoms with E-state index in [1.54, 1.807) is 12.4 Å². The predicted octanol–water partition coefficient (Wildman–Crippen LogP) is 4.08. The van der Waals surface area contributed by atoms with Crippen molar-refractivity contribution in [3.63, 3.8) is 0 Å². The van der Waals surface area contributed by atoms with E-state index >= 15 is 0 Å². The molecule has 3 N–H and O–H groups in total. The molecular weight excluding hydrogens is 547 g/mol. The minimum absolute atomic E-state index is 0.0514. The Labute approximate surface area is 233 Å². The van der Waals surface area contributed by atoms with Crippen LogP contribution in [0.25, 0.3) is 0 Å². The maximum atomic E-state index is 12.8. The van der Waals surface area contributed by atoms with Crippen LogP contribution in [0.3, 0.4) is 0 Å². The summed E-state index contributed by atoms with van der Waals surface area (Å²) in [4.78, 5) is 21.8. The number of rotatable bonds is 5. The number of piperidine rings is 1. The van der Waals surface area contributed by atoms with Crippen molar-refractivity contribution in [3.8, 4) is 0 Å². The molecule has 1 unspecified atom stereocenters. The lowest BCUT2D eigenvalue weighted by Gasteiger charge is -2.33. The number of hydrogen-bond acceptors (Lipinski definition) is 7. The quantitative estimate of drug-likeness (QED) is 0.484. The lowest BCUT2D eigenvalue weighted by atomic mass is 9.84. The second-order valence-corrected chi connectivity index (χ2v) is 12.9. The molecule has 6 rings (SSSR count). The fourth-order valence-electron chi connectivity index (χ4n) is 5.48. The zero-order chi connectivity index (χ0) is 28.7. The van der Waals surface area contributed by atoms with Crippen LogP contribution in [0.2, 0.25) is 0 Å². The molecule has 1 amide bonds. The van der Waals surface area contributed by atoms with E-state index in [-0.39, 0.29) is 36.2 Å². The van der Waals surface area contributed by atoms with Gasteiger partial charge in [0.2, 0.25) is 11.9 Å². The van der Waals surface area contributed by atoms with Gasteiger partial charge in [-0.2, -0.15) is 23.3 Å².